The molecule has 8 heteroatoms. The standard InChI is InChI=1S/C22H29N3O5/c1-2-25-20-18(6-3-13-29-14-5-12-23-21(20)27)19(24-25)7-4-15-30-22(28)16-8-10-17(26)11-9-16/h8-11,26H,2-7,12-15H2,1H3,(H,23,27). The highest BCUT2D eigenvalue weighted by Crippen LogP contribution is 2.20. The van der Waals surface area contributed by atoms with Crippen LogP contribution in [0.25, 0.3) is 0 Å². The van der Waals surface area contributed by atoms with Crippen LogP contribution in [0.2, 0.25) is 0 Å². The van der Waals surface area contributed by atoms with E-state index < -0.39 is 5.97 Å². The van der Waals surface area contributed by atoms with Crippen LogP contribution in [0.3, 0.4) is 0 Å². The van der Waals surface area contributed by atoms with E-state index in [1.165, 1.54) is 24.3 Å². The highest BCUT2D eigenvalue weighted by molar-refractivity contribution is 5.94. The van der Waals surface area contributed by atoms with Gasteiger partial charge in [0.1, 0.15) is 11.4 Å². The fourth-order valence-corrected chi connectivity index (χ4v) is 3.49. The van der Waals surface area contributed by atoms with Gasteiger partial charge in [-0.1, -0.05) is 0 Å². The van der Waals surface area contributed by atoms with Crippen LogP contribution < -0.4 is 5.32 Å². The van der Waals surface area contributed by atoms with Crippen LogP contribution >= 0.6 is 0 Å². The zero-order chi connectivity index (χ0) is 21.3. The number of carbonyl (C=O) groups is 2. The average molecular weight is 415 g/mol. The number of nitrogens with one attached hydrogen (secondary N) is 1. The SMILES string of the molecule is CCn1nc(CCCOC(=O)c2ccc(O)cc2)c2c1C(=O)NCCCOCCC2. The Morgan fingerprint density at radius 3 is 2.80 bits per heavy atom. The lowest BCUT2D eigenvalue weighted by molar-refractivity contribution is 0.0500. The summed E-state index contributed by atoms with van der Waals surface area (Å²) in [6.45, 7) is 4.73. The summed E-state index contributed by atoms with van der Waals surface area (Å²) in [4.78, 5) is 24.8. The first-order valence-electron chi connectivity index (χ1n) is 10.5. The first-order valence-corrected chi connectivity index (χ1v) is 10.5. The molecule has 2 N–H and O–H groups in total. The number of aromatic nitrogens is 2. The molecular formula is C22H29N3O5. The minimum Gasteiger partial charge on any atom is -0.508 e. The topological polar surface area (TPSA) is 103 Å². The van der Waals surface area contributed by atoms with Crippen molar-refractivity contribution in [1.29, 1.82) is 0 Å². The molecule has 2 heterocycles. The lowest BCUT2D eigenvalue weighted by Crippen LogP contribution is -2.28. The van der Waals surface area contributed by atoms with Gasteiger partial charge in [-0.3, -0.25) is 9.48 Å². The summed E-state index contributed by atoms with van der Waals surface area (Å²) < 4.78 is 12.7. The largest absolute Gasteiger partial charge is 0.508 e. The van der Waals surface area contributed by atoms with Gasteiger partial charge < -0.3 is 19.9 Å². The maximum absolute atomic E-state index is 12.7. The number of nitrogens with zero attached hydrogens (tertiary/aromatic N) is 2. The molecule has 8 nitrogen and oxygen atoms in total. The first-order chi connectivity index (χ1) is 14.6. The van der Waals surface area contributed by atoms with Crippen LogP contribution in [0.5, 0.6) is 5.75 Å². The first kappa shape index (κ1) is 21.8. The fourth-order valence-electron chi connectivity index (χ4n) is 3.49. The van der Waals surface area contributed by atoms with Gasteiger partial charge in [0.15, 0.2) is 0 Å². The van der Waals surface area contributed by atoms with Crippen LogP contribution in [-0.2, 0) is 28.9 Å². The predicted molar refractivity (Wildman–Crippen MR) is 111 cm³/mol. The number of phenols is 1. The minimum atomic E-state index is -0.426. The molecule has 1 aliphatic heterocycles. The number of amides is 1. The predicted octanol–water partition coefficient (Wildman–Crippen LogP) is 2.48. The van der Waals surface area contributed by atoms with Crippen molar-refractivity contribution in [2.24, 2.45) is 0 Å². The van der Waals surface area contributed by atoms with Crippen molar-refractivity contribution in [3.8, 4) is 5.75 Å². The Labute approximate surface area is 176 Å². The molecule has 1 amide bonds. The van der Waals surface area contributed by atoms with Gasteiger partial charge in [0.05, 0.1) is 17.9 Å². The highest BCUT2D eigenvalue weighted by atomic mass is 16.5. The van der Waals surface area contributed by atoms with Crippen molar-refractivity contribution < 1.29 is 24.2 Å². The van der Waals surface area contributed by atoms with E-state index in [0.29, 0.717) is 50.4 Å². The van der Waals surface area contributed by atoms with E-state index >= 15 is 0 Å². The molecule has 0 fully saturated rings. The summed E-state index contributed by atoms with van der Waals surface area (Å²) in [6, 6.07) is 5.96. The second kappa shape index (κ2) is 10.8. The van der Waals surface area contributed by atoms with E-state index in [2.05, 4.69) is 10.4 Å². The number of fused-ring (bicyclic) bond motifs is 1. The van der Waals surface area contributed by atoms with E-state index in [4.69, 9.17) is 9.47 Å². The summed E-state index contributed by atoms with van der Waals surface area (Å²) in [5.41, 5.74) is 2.87. The monoisotopic (exact) mass is 415 g/mol. The molecule has 0 aliphatic carbocycles. The third kappa shape index (κ3) is 5.60. The molecule has 0 saturated heterocycles. The number of hydrogen-bond acceptors (Lipinski definition) is 6. The Balaban J connectivity index is 1.64. The van der Waals surface area contributed by atoms with E-state index in [0.717, 1.165) is 30.5 Å². The fraction of sp³-hybridized carbons (Fsp3) is 0.500. The number of phenolic OH excluding ortho intramolecular Hbond substituents is 1. The Kier molecular flexibility index (Phi) is 7.84. The summed E-state index contributed by atoms with van der Waals surface area (Å²) in [5, 5.41) is 16.9. The lowest BCUT2D eigenvalue weighted by Gasteiger charge is -2.08. The Morgan fingerprint density at radius 1 is 1.27 bits per heavy atom. The molecule has 0 saturated carbocycles. The van der Waals surface area contributed by atoms with Crippen molar-refractivity contribution in [2.75, 3.05) is 26.4 Å². The van der Waals surface area contributed by atoms with E-state index in [1.807, 2.05) is 6.92 Å². The smallest absolute Gasteiger partial charge is 0.338 e. The maximum atomic E-state index is 12.7. The van der Waals surface area contributed by atoms with E-state index in [1.54, 1.807) is 4.68 Å². The molecule has 2 aromatic rings. The summed E-state index contributed by atoms with van der Waals surface area (Å²) >= 11 is 0. The van der Waals surface area contributed by atoms with Crippen molar-refractivity contribution >= 4 is 11.9 Å². The van der Waals surface area contributed by atoms with Crippen LogP contribution in [0.15, 0.2) is 24.3 Å². The molecule has 0 spiro atoms. The Bertz CT molecular complexity index is 860. The molecular weight excluding hydrogens is 386 g/mol. The molecule has 1 aromatic heterocycles. The zero-order valence-corrected chi connectivity index (χ0v) is 17.4. The average Bonchev–Trinajstić information content (AvgIpc) is 3.08. The number of carbonyl (C=O) groups excluding carboxylic acids is 2. The van der Waals surface area contributed by atoms with Gasteiger partial charge in [-0.15, -0.1) is 0 Å². The molecule has 0 bridgehead atoms. The molecule has 3 rings (SSSR count). The Hall–Kier alpha value is -2.87. The van der Waals surface area contributed by atoms with Crippen LogP contribution in [-0.4, -0.2) is 53.1 Å². The van der Waals surface area contributed by atoms with Crippen molar-refractivity contribution in [3.05, 3.63) is 46.8 Å². The molecule has 1 aliphatic rings. The third-order valence-electron chi connectivity index (χ3n) is 5.01. The van der Waals surface area contributed by atoms with E-state index in [-0.39, 0.29) is 18.3 Å². The zero-order valence-electron chi connectivity index (χ0n) is 17.4. The third-order valence-corrected chi connectivity index (χ3v) is 5.01. The molecule has 1 aromatic carbocycles. The van der Waals surface area contributed by atoms with Gasteiger partial charge in [0, 0.05) is 31.9 Å². The summed E-state index contributed by atoms with van der Waals surface area (Å²) in [5.74, 6) is -0.414. The van der Waals surface area contributed by atoms with Gasteiger partial charge in [0.2, 0.25) is 0 Å². The van der Waals surface area contributed by atoms with Gasteiger partial charge in [-0.05, 0) is 63.3 Å². The van der Waals surface area contributed by atoms with Crippen LogP contribution in [0.1, 0.15) is 58.3 Å². The molecule has 30 heavy (non-hydrogen) atoms. The molecule has 0 radical (unpaired) electrons. The van der Waals surface area contributed by atoms with E-state index in [9.17, 15) is 14.7 Å². The van der Waals surface area contributed by atoms with Crippen LogP contribution in [0.4, 0.5) is 0 Å². The molecule has 162 valence electrons. The number of aromatic hydroxyl groups is 1. The summed E-state index contributed by atoms with van der Waals surface area (Å²) in [6.07, 6.45) is 3.58. The quantitative estimate of drug-likeness (QED) is 0.555. The van der Waals surface area contributed by atoms with Crippen LogP contribution in [0, 0.1) is 0 Å². The second-order valence-electron chi connectivity index (χ2n) is 7.20. The number of rotatable bonds is 6. The number of aryl methyl sites for hydroxylation is 2. The summed E-state index contributed by atoms with van der Waals surface area (Å²) in [7, 11) is 0. The van der Waals surface area contributed by atoms with Gasteiger partial charge in [-0.25, -0.2) is 4.79 Å². The van der Waals surface area contributed by atoms with Crippen molar-refractivity contribution in [2.45, 2.75) is 45.6 Å². The van der Waals surface area contributed by atoms with Crippen molar-refractivity contribution in [3.63, 3.8) is 0 Å². The number of benzene rings is 1. The number of esters is 1. The number of hydrogen-bond donors (Lipinski definition) is 2. The van der Waals surface area contributed by atoms with Crippen molar-refractivity contribution in [1.82, 2.24) is 15.1 Å². The highest BCUT2D eigenvalue weighted by Gasteiger charge is 2.22. The van der Waals surface area contributed by atoms with Gasteiger partial charge in [-0.2, -0.15) is 5.10 Å². The van der Waals surface area contributed by atoms with Gasteiger partial charge >= 0.3 is 5.97 Å². The maximum Gasteiger partial charge on any atom is 0.338 e. The minimum absolute atomic E-state index is 0.0914. The normalized spacial score (nSPS) is 15.0. The molecule has 0 unspecified atom stereocenters. The lowest BCUT2D eigenvalue weighted by atomic mass is 10.0. The Morgan fingerprint density at radius 2 is 2.03 bits per heavy atom. The number of ether oxygens (including phenoxy) is 2. The second-order valence-corrected chi connectivity index (χ2v) is 7.20. The van der Waals surface area contributed by atoms with Gasteiger partial charge in [0.25, 0.3) is 5.91 Å². The molecule has 0 atom stereocenters.